The number of hydrogen-bond donors (Lipinski definition) is 2. The zero-order valence-electron chi connectivity index (χ0n) is 10.9. The molecule has 98 valence electrons. The topological polar surface area (TPSA) is 45.9 Å². The lowest BCUT2D eigenvalue weighted by molar-refractivity contribution is -0.901. The average molecular weight is 266 g/mol. The molecule has 1 unspecified atom stereocenters. The van der Waals surface area contributed by atoms with Crippen LogP contribution in [-0.4, -0.2) is 31.8 Å². The van der Waals surface area contributed by atoms with Crippen molar-refractivity contribution in [1.82, 2.24) is 5.43 Å². The van der Waals surface area contributed by atoms with Gasteiger partial charge in [0, 0.05) is 11.3 Å². The molecule has 2 heterocycles. The summed E-state index contributed by atoms with van der Waals surface area (Å²) in [5.74, 6) is 0.0395. The van der Waals surface area contributed by atoms with E-state index in [2.05, 4.69) is 17.6 Å². The number of carbonyl (C=O) groups excluding carboxylic acids is 1. The van der Waals surface area contributed by atoms with Gasteiger partial charge in [0.2, 0.25) is 0 Å². The molecule has 0 aliphatic carbocycles. The molecule has 18 heavy (non-hydrogen) atoms. The van der Waals surface area contributed by atoms with Gasteiger partial charge in [0.05, 0.1) is 19.8 Å². The second kappa shape index (κ2) is 6.11. The van der Waals surface area contributed by atoms with E-state index in [1.807, 2.05) is 18.4 Å². The molecular weight excluding hydrogens is 246 g/mol. The molecule has 0 bridgehead atoms. The van der Waals surface area contributed by atoms with Crippen molar-refractivity contribution in [3.8, 4) is 0 Å². The Morgan fingerprint density at radius 3 is 3.11 bits per heavy atom. The molecule has 1 amide bonds. The van der Waals surface area contributed by atoms with E-state index >= 15 is 0 Å². The standard InChI is InChI=1S/C13H19N3OS/c1-10-6-8-18-12(10)9-14-15-13(17)11-5-3-4-7-16(11)2/h6,8-9,11H,3-5,7H2,1-2H3,(H,15,17)/p+1/b14-9-/t11-/m1/s1. The summed E-state index contributed by atoms with van der Waals surface area (Å²) in [6.45, 7) is 3.12. The minimum Gasteiger partial charge on any atom is -0.327 e. The highest BCUT2D eigenvalue weighted by Gasteiger charge is 2.29. The molecule has 0 radical (unpaired) electrons. The number of amides is 1. The first-order valence-corrected chi connectivity index (χ1v) is 7.26. The van der Waals surface area contributed by atoms with Crippen LogP contribution < -0.4 is 10.3 Å². The van der Waals surface area contributed by atoms with E-state index in [9.17, 15) is 4.79 Å². The lowest BCUT2D eigenvalue weighted by Crippen LogP contribution is -3.15. The molecule has 2 rings (SSSR count). The molecule has 5 heteroatoms. The summed E-state index contributed by atoms with van der Waals surface area (Å²) in [5, 5.41) is 6.08. The van der Waals surface area contributed by atoms with Gasteiger partial charge >= 0.3 is 0 Å². The summed E-state index contributed by atoms with van der Waals surface area (Å²) in [5.41, 5.74) is 3.86. The van der Waals surface area contributed by atoms with Gasteiger partial charge in [-0.05, 0) is 36.8 Å². The Labute approximate surface area is 112 Å². The normalized spacial score (nSPS) is 24.3. The fourth-order valence-electron chi connectivity index (χ4n) is 2.28. The second-order valence-electron chi connectivity index (χ2n) is 4.85. The van der Waals surface area contributed by atoms with E-state index in [0.29, 0.717) is 0 Å². The predicted octanol–water partition coefficient (Wildman–Crippen LogP) is 0.574. The number of likely N-dealkylation sites (tertiary alicyclic amines) is 1. The molecule has 1 aromatic heterocycles. The highest BCUT2D eigenvalue weighted by molar-refractivity contribution is 7.11. The molecule has 1 aliphatic heterocycles. The molecule has 1 fully saturated rings. The van der Waals surface area contributed by atoms with E-state index in [-0.39, 0.29) is 11.9 Å². The van der Waals surface area contributed by atoms with Gasteiger partial charge in [0.15, 0.2) is 6.04 Å². The van der Waals surface area contributed by atoms with Gasteiger partial charge in [-0.3, -0.25) is 4.79 Å². The summed E-state index contributed by atoms with van der Waals surface area (Å²) in [6, 6.07) is 2.10. The summed E-state index contributed by atoms with van der Waals surface area (Å²) < 4.78 is 0. The fraction of sp³-hybridized carbons (Fsp3) is 0.538. The third kappa shape index (κ3) is 3.17. The molecule has 4 nitrogen and oxygen atoms in total. The Balaban J connectivity index is 1.88. The van der Waals surface area contributed by atoms with Crippen molar-refractivity contribution in [2.45, 2.75) is 32.2 Å². The van der Waals surface area contributed by atoms with Crippen molar-refractivity contribution in [2.24, 2.45) is 5.10 Å². The van der Waals surface area contributed by atoms with Crippen LogP contribution in [0.15, 0.2) is 16.5 Å². The smallest absolute Gasteiger partial charge is 0.298 e. The summed E-state index contributed by atoms with van der Waals surface area (Å²) in [4.78, 5) is 14.4. The third-order valence-electron chi connectivity index (χ3n) is 3.48. The molecule has 0 aromatic carbocycles. The van der Waals surface area contributed by atoms with Gasteiger partial charge in [0.25, 0.3) is 5.91 Å². The number of carbonyl (C=O) groups is 1. The number of likely N-dealkylation sites (N-methyl/N-ethyl adjacent to an activating group) is 1. The second-order valence-corrected chi connectivity index (χ2v) is 5.79. The number of hydrogen-bond acceptors (Lipinski definition) is 3. The molecule has 1 saturated heterocycles. The zero-order valence-corrected chi connectivity index (χ0v) is 11.7. The van der Waals surface area contributed by atoms with Gasteiger partial charge in [0.1, 0.15) is 0 Å². The van der Waals surface area contributed by atoms with Crippen LogP contribution in [0, 0.1) is 6.92 Å². The third-order valence-corrected chi connectivity index (χ3v) is 4.44. The van der Waals surface area contributed by atoms with Gasteiger partial charge in [-0.1, -0.05) is 0 Å². The molecule has 0 spiro atoms. The van der Waals surface area contributed by atoms with Crippen molar-refractivity contribution in [3.05, 3.63) is 21.9 Å². The summed E-state index contributed by atoms with van der Waals surface area (Å²) in [7, 11) is 2.08. The van der Waals surface area contributed by atoms with Gasteiger partial charge < -0.3 is 4.90 Å². The number of quaternary nitrogens is 1. The van der Waals surface area contributed by atoms with E-state index in [1.165, 1.54) is 16.9 Å². The van der Waals surface area contributed by atoms with Crippen LogP contribution in [-0.2, 0) is 4.79 Å². The minimum absolute atomic E-state index is 0.0395. The lowest BCUT2D eigenvalue weighted by Gasteiger charge is -2.27. The quantitative estimate of drug-likeness (QED) is 0.610. The highest BCUT2D eigenvalue weighted by Crippen LogP contribution is 2.12. The Morgan fingerprint density at radius 1 is 1.61 bits per heavy atom. The molecule has 0 saturated carbocycles. The molecule has 1 aliphatic rings. The number of thiophene rings is 1. The Morgan fingerprint density at radius 2 is 2.44 bits per heavy atom. The predicted molar refractivity (Wildman–Crippen MR) is 74.2 cm³/mol. The Kier molecular flexibility index (Phi) is 4.49. The fourth-order valence-corrected chi connectivity index (χ4v) is 3.06. The van der Waals surface area contributed by atoms with Crippen LogP contribution in [0.25, 0.3) is 0 Å². The van der Waals surface area contributed by atoms with E-state index in [4.69, 9.17) is 0 Å². The van der Waals surface area contributed by atoms with E-state index in [0.717, 1.165) is 24.3 Å². The minimum atomic E-state index is 0.0395. The Bertz CT molecular complexity index is 441. The molecule has 2 atom stereocenters. The van der Waals surface area contributed by atoms with Gasteiger partial charge in [-0.2, -0.15) is 5.10 Å². The van der Waals surface area contributed by atoms with Gasteiger partial charge in [-0.25, -0.2) is 5.43 Å². The first-order chi connectivity index (χ1) is 8.68. The maximum atomic E-state index is 12.0. The number of nitrogens with one attached hydrogen (secondary N) is 2. The van der Waals surface area contributed by atoms with Crippen molar-refractivity contribution in [3.63, 3.8) is 0 Å². The molecular formula is C13H20N3OS+. The number of aryl methyl sites for hydroxylation is 1. The van der Waals surface area contributed by atoms with Crippen molar-refractivity contribution in [1.29, 1.82) is 0 Å². The number of nitrogens with zero attached hydrogens (tertiary/aromatic N) is 1. The van der Waals surface area contributed by atoms with E-state index < -0.39 is 0 Å². The van der Waals surface area contributed by atoms with Gasteiger partial charge in [-0.15, -0.1) is 11.3 Å². The SMILES string of the molecule is Cc1ccsc1/C=N\NC(=O)[C@H]1CCCC[NH+]1C. The van der Waals surface area contributed by atoms with Crippen LogP contribution in [0.3, 0.4) is 0 Å². The van der Waals surface area contributed by atoms with Crippen LogP contribution in [0.2, 0.25) is 0 Å². The largest absolute Gasteiger partial charge is 0.327 e. The Hall–Kier alpha value is -1.20. The van der Waals surface area contributed by atoms with Crippen LogP contribution in [0.4, 0.5) is 0 Å². The van der Waals surface area contributed by atoms with E-state index in [1.54, 1.807) is 17.6 Å². The summed E-state index contributed by atoms with van der Waals surface area (Å²) in [6.07, 6.45) is 5.05. The number of rotatable bonds is 3. The first-order valence-electron chi connectivity index (χ1n) is 6.38. The number of piperidine rings is 1. The molecule has 1 aromatic rings. The monoisotopic (exact) mass is 266 g/mol. The average Bonchev–Trinajstić information content (AvgIpc) is 2.75. The van der Waals surface area contributed by atoms with Crippen molar-refractivity contribution < 1.29 is 9.69 Å². The van der Waals surface area contributed by atoms with Crippen LogP contribution in [0.1, 0.15) is 29.7 Å². The van der Waals surface area contributed by atoms with Crippen molar-refractivity contribution in [2.75, 3.05) is 13.6 Å². The maximum absolute atomic E-state index is 12.0. The zero-order chi connectivity index (χ0) is 13.0. The van der Waals surface area contributed by atoms with Crippen molar-refractivity contribution >= 4 is 23.5 Å². The maximum Gasteiger partial charge on any atom is 0.298 e. The highest BCUT2D eigenvalue weighted by atomic mass is 32.1. The van der Waals surface area contributed by atoms with Crippen LogP contribution in [0.5, 0.6) is 0 Å². The number of hydrazone groups is 1. The lowest BCUT2D eigenvalue weighted by atomic mass is 10.0. The molecule has 2 N–H and O–H groups in total. The van der Waals surface area contributed by atoms with Crippen LogP contribution >= 0.6 is 11.3 Å². The first kappa shape index (κ1) is 13.2. The summed E-state index contributed by atoms with van der Waals surface area (Å²) >= 11 is 1.63.